The summed E-state index contributed by atoms with van der Waals surface area (Å²) in [6.45, 7) is 3.89. The van der Waals surface area contributed by atoms with Gasteiger partial charge >= 0.3 is 0 Å². The average molecular weight is 275 g/mol. The molecule has 0 radical (unpaired) electrons. The number of hydrogen-bond donors (Lipinski definition) is 2. The van der Waals surface area contributed by atoms with Crippen LogP contribution >= 0.6 is 0 Å². The van der Waals surface area contributed by atoms with Crippen LogP contribution in [0.15, 0.2) is 18.2 Å². The minimum absolute atomic E-state index is 0.112. The maximum absolute atomic E-state index is 12.1. The van der Waals surface area contributed by atoms with E-state index in [1.165, 1.54) is 0 Å². The van der Waals surface area contributed by atoms with E-state index in [1.54, 1.807) is 6.07 Å². The molecule has 3 N–H and O–H groups in total. The van der Waals surface area contributed by atoms with Crippen molar-refractivity contribution in [2.45, 2.75) is 26.2 Å². The fraction of sp³-hybridized carbons (Fsp3) is 0.467. The van der Waals surface area contributed by atoms with Crippen LogP contribution in [0.2, 0.25) is 0 Å². The van der Waals surface area contributed by atoms with E-state index in [1.807, 2.05) is 24.0 Å². The van der Waals surface area contributed by atoms with Crippen molar-refractivity contribution in [1.29, 1.82) is 0 Å². The van der Waals surface area contributed by atoms with Gasteiger partial charge in [0.25, 0.3) is 5.91 Å². The van der Waals surface area contributed by atoms with Crippen LogP contribution in [0.4, 0.5) is 5.69 Å². The minimum atomic E-state index is -0.213. The average Bonchev–Trinajstić information content (AvgIpc) is 2.92. The summed E-state index contributed by atoms with van der Waals surface area (Å²) >= 11 is 0. The van der Waals surface area contributed by atoms with E-state index in [9.17, 15) is 9.59 Å². The summed E-state index contributed by atoms with van der Waals surface area (Å²) in [4.78, 5) is 25.8. The molecule has 0 saturated carbocycles. The quantitative estimate of drug-likeness (QED) is 0.814. The topological polar surface area (TPSA) is 75.4 Å². The molecule has 2 amide bonds. The molecule has 20 heavy (non-hydrogen) atoms. The maximum atomic E-state index is 12.1. The SMILES string of the molecule is Cc1cccc(N)c1C(=O)NCCC(=O)N1CCCC1. The second-order valence-electron chi connectivity index (χ2n) is 5.13. The number of nitrogen functional groups attached to an aromatic ring is 1. The summed E-state index contributed by atoms with van der Waals surface area (Å²) in [6.07, 6.45) is 2.51. The van der Waals surface area contributed by atoms with Gasteiger partial charge in [-0.05, 0) is 31.4 Å². The molecule has 108 valence electrons. The van der Waals surface area contributed by atoms with Crippen molar-refractivity contribution in [1.82, 2.24) is 10.2 Å². The first-order valence-corrected chi connectivity index (χ1v) is 7.00. The van der Waals surface area contributed by atoms with E-state index in [2.05, 4.69) is 5.32 Å². The molecular weight excluding hydrogens is 254 g/mol. The van der Waals surface area contributed by atoms with E-state index < -0.39 is 0 Å². The van der Waals surface area contributed by atoms with E-state index >= 15 is 0 Å². The third-order valence-corrected chi connectivity index (χ3v) is 3.62. The molecule has 0 aliphatic carbocycles. The van der Waals surface area contributed by atoms with Gasteiger partial charge in [0.2, 0.25) is 5.91 Å². The molecule has 5 nitrogen and oxygen atoms in total. The van der Waals surface area contributed by atoms with E-state index in [0.717, 1.165) is 31.5 Å². The number of amides is 2. The summed E-state index contributed by atoms with van der Waals surface area (Å²) in [5.41, 5.74) is 7.63. The standard InChI is InChI=1S/C15H21N3O2/c1-11-5-4-6-12(16)14(11)15(20)17-8-7-13(19)18-9-2-3-10-18/h4-6H,2-3,7-10,16H2,1H3,(H,17,20). The third-order valence-electron chi connectivity index (χ3n) is 3.62. The van der Waals surface area contributed by atoms with Crippen LogP contribution in [0.5, 0.6) is 0 Å². The smallest absolute Gasteiger partial charge is 0.253 e. The lowest BCUT2D eigenvalue weighted by atomic mass is 10.1. The van der Waals surface area contributed by atoms with Gasteiger partial charge in [-0.15, -0.1) is 0 Å². The van der Waals surface area contributed by atoms with E-state index in [-0.39, 0.29) is 11.8 Å². The second-order valence-corrected chi connectivity index (χ2v) is 5.13. The molecule has 1 aromatic rings. The van der Waals surface area contributed by atoms with Crippen LogP contribution in [0.3, 0.4) is 0 Å². The zero-order chi connectivity index (χ0) is 14.5. The molecule has 5 heteroatoms. The van der Waals surface area contributed by atoms with Crippen molar-refractivity contribution in [2.75, 3.05) is 25.4 Å². The number of carbonyl (C=O) groups is 2. The zero-order valence-corrected chi connectivity index (χ0v) is 11.8. The summed E-state index contributed by atoms with van der Waals surface area (Å²) in [5.74, 6) is -0.102. The van der Waals surface area contributed by atoms with E-state index in [0.29, 0.717) is 24.2 Å². The summed E-state index contributed by atoms with van der Waals surface area (Å²) < 4.78 is 0. The molecule has 1 saturated heterocycles. The van der Waals surface area contributed by atoms with Gasteiger partial charge in [-0.1, -0.05) is 12.1 Å². The molecule has 1 aliphatic rings. The molecule has 0 unspecified atom stereocenters. The maximum Gasteiger partial charge on any atom is 0.253 e. The highest BCUT2D eigenvalue weighted by molar-refractivity contribution is 6.00. The van der Waals surface area contributed by atoms with Gasteiger partial charge in [-0.3, -0.25) is 9.59 Å². The van der Waals surface area contributed by atoms with Crippen molar-refractivity contribution in [3.63, 3.8) is 0 Å². The number of nitrogens with one attached hydrogen (secondary N) is 1. The number of nitrogens with zero attached hydrogens (tertiary/aromatic N) is 1. The first-order valence-electron chi connectivity index (χ1n) is 7.00. The largest absolute Gasteiger partial charge is 0.398 e. The van der Waals surface area contributed by atoms with Gasteiger partial charge in [-0.25, -0.2) is 0 Å². The zero-order valence-electron chi connectivity index (χ0n) is 11.8. The summed E-state index contributed by atoms with van der Waals surface area (Å²) in [7, 11) is 0. The lowest BCUT2D eigenvalue weighted by Crippen LogP contribution is -2.33. The summed E-state index contributed by atoms with van der Waals surface area (Å²) in [5, 5.41) is 2.77. The lowest BCUT2D eigenvalue weighted by molar-refractivity contribution is -0.129. The predicted molar refractivity (Wildman–Crippen MR) is 78.4 cm³/mol. The molecule has 1 heterocycles. The molecule has 0 bridgehead atoms. The normalized spacial score (nSPS) is 14.3. The molecule has 2 rings (SSSR count). The number of hydrogen-bond acceptors (Lipinski definition) is 3. The van der Waals surface area contributed by atoms with Gasteiger partial charge < -0.3 is 16.0 Å². The van der Waals surface area contributed by atoms with Crippen LogP contribution in [-0.4, -0.2) is 36.3 Å². The first-order chi connectivity index (χ1) is 9.59. The first kappa shape index (κ1) is 14.4. The second kappa shape index (κ2) is 6.41. The molecular formula is C15H21N3O2. The van der Waals surface area contributed by atoms with Gasteiger partial charge in [0, 0.05) is 31.7 Å². The Morgan fingerprint density at radius 3 is 2.65 bits per heavy atom. The third kappa shape index (κ3) is 3.29. The highest BCUT2D eigenvalue weighted by Crippen LogP contribution is 2.15. The van der Waals surface area contributed by atoms with Gasteiger partial charge in [-0.2, -0.15) is 0 Å². The molecule has 0 spiro atoms. The Morgan fingerprint density at radius 2 is 2.00 bits per heavy atom. The fourth-order valence-corrected chi connectivity index (χ4v) is 2.50. The van der Waals surface area contributed by atoms with Crippen molar-refractivity contribution in [3.05, 3.63) is 29.3 Å². The van der Waals surface area contributed by atoms with Crippen molar-refractivity contribution < 1.29 is 9.59 Å². The van der Waals surface area contributed by atoms with Crippen LogP contribution in [-0.2, 0) is 4.79 Å². The monoisotopic (exact) mass is 275 g/mol. The van der Waals surface area contributed by atoms with Crippen molar-refractivity contribution in [3.8, 4) is 0 Å². The highest BCUT2D eigenvalue weighted by Gasteiger charge is 2.18. The number of likely N-dealkylation sites (tertiary alicyclic amines) is 1. The Balaban J connectivity index is 1.84. The minimum Gasteiger partial charge on any atom is -0.398 e. The summed E-state index contributed by atoms with van der Waals surface area (Å²) in [6, 6.07) is 5.37. The van der Waals surface area contributed by atoms with Crippen LogP contribution in [0, 0.1) is 6.92 Å². The molecule has 0 aromatic heterocycles. The van der Waals surface area contributed by atoms with Gasteiger partial charge in [0.1, 0.15) is 0 Å². The predicted octanol–water partition coefficient (Wildman–Crippen LogP) is 1.32. The van der Waals surface area contributed by atoms with Gasteiger partial charge in [0.05, 0.1) is 5.56 Å². The Morgan fingerprint density at radius 1 is 1.30 bits per heavy atom. The van der Waals surface area contributed by atoms with Crippen molar-refractivity contribution >= 4 is 17.5 Å². The molecule has 1 aromatic carbocycles. The Bertz CT molecular complexity index is 488. The highest BCUT2D eigenvalue weighted by atomic mass is 16.2. The number of nitrogens with two attached hydrogens (primary N) is 1. The number of anilines is 1. The van der Waals surface area contributed by atoms with Crippen LogP contribution in [0.1, 0.15) is 35.2 Å². The van der Waals surface area contributed by atoms with Crippen LogP contribution < -0.4 is 11.1 Å². The number of benzene rings is 1. The Labute approximate surface area is 119 Å². The van der Waals surface area contributed by atoms with Crippen molar-refractivity contribution in [2.24, 2.45) is 0 Å². The Hall–Kier alpha value is -2.04. The van der Waals surface area contributed by atoms with Crippen LogP contribution in [0.25, 0.3) is 0 Å². The molecule has 1 fully saturated rings. The number of aryl methyl sites for hydroxylation is 1. The fourth-order valence-electron chi connectivity index (χ4n) is 2.50. The van der Waals surface area contributed by atoms with Gasteiger partial charge in [0.15, 0.2) is 0 Å². The Kier molecular flexibility index (Phi) is 4.61. The number of carbonyl (C=O) groups excluding carboxylic acids is 2. The van der Waals surface area contributed by atoms with E-state index in [4.69, 9.17) is 5.73 Å². The molecule has 1 aliphatic heterocycles. The number of rotatable bonds is 4. The molecule has 0 atom stereocenters. The lowest BCUT2D eigenvalue weighted by Gasteiger charge is -2.15.